The number of piperidine rings is 1. The summed E-state index contributed by atoms with van der Waals surface area (Å²) in [5.74, 6) is 0.546. The van der Waals surface area contributed by atoms with E-state index in [1.54, 1.807) is 0 Å². The van der Waals surface area contributed by atoms with Crippen LogP contribution >= 0.6 is 0 Å². The first-order valence-corrected chi connectivity index (χ1v) is 6.00. The van der Waals surface area contributed by atoms with Gasteiger partial charge in [0.2, 0.25) is 0 Å². The van der Waals surface area contributed by atoms with Gasteiger partial charge in [0.1, 0.15) is 19.6 Å². The molecule has 92 valence electrons. The number of fused-ring (bicyclic) bond motifs is 3. The Balaban J connectivity index is 0.00000108. The molecular formula is C13H17ClN2O. The molecule has 1 N–H and O–H groups in total. The lowest BCUT2D eigenvalue weighted by Gasteiger charge is -2.47. The summed E-state index contributed by atoms with van der Waals surface area (Å²) in [6.07, 6.45) is 2.11. The van der Waals surface area contributed by atoms with Crippen LogP contribution in [0.5, 0.6) is 0 Å². The first kappa shape index (κ1) is 12.4. The van der Waals surface area contributed by atoms with Crippen molar-refractivity contribution in [3.63, 3.8) is 0 Å². The van der Waals surface area contributed by atoms with E-state index in [9.17, 15) is 4.79 Å². The Morgan fingerprint density at radius 1 is 1.18 bits per heavy atom. The van der Waals surface area contributed by atoms with Crippen LogP contribution in [0.1, 0.15) is 18.4 Å². The molecule has 0 unspecified atom stereocenters. The van der Waals surface area contributed by atoms with E-state index >= 15 is 0 Å². The SMILES string of the molecule is O=C1N[N+]2(Cc3ccccc3)CCC1CC2.[Cl-]. The second kappa shape index (κ2) is 4.67. The van der Waals surface area contributed by atoms with Crippen molar-refractivity contribution in [3.8, 4) is 0 Å². The molecule has 3 nitrogen and oxygen atoms in total. The predicted molar refractivity (Wildman–Crippen MR) is 61.0 cm³/mol. The van der Waals surface area contributed by atoms with Crippen LogP contribution in [0.2, 0.25) is 0 Å². The Hall–Kier alpha value is -1.06. The van der Waals surface area contributed by atoms with E-state index in [0.717, 1.165) is 37.1 Å². The van der Waals surface area contributed by atoms with Crippen molar-refractivity contribution in [1.82, 2.24) is 5.43 Å². The van der Waals surface area contributed by atoms with E-state index in [-0.39, 0.29) is 24.2 Å². The highest BCUT2D eigenvalue weighted by molar-refractivity contribution is 5.78. The van der Waals surface area contributed by atoms with Gasteiger partial charge < -0.3 is 12.4 Å². The number of quaternary nitrogens is 1. The van der Waals surface area contributed by atoms with Crippen molar-refractivity contribution in [2.24, 2.45) is 5.92 Å². The summed E-state index contributed by atoms with van der Waals surface area (Å²) in [5, 5.41) is 0. The molecule has 3 saturated heterocycles. The quantitative estimate of drug-likeness (QED) is 0.636. The van der Waals surface area contributed by atoms with Gasteiger partial charge in [0.25, 0.3) is 5.91 Å². The van der Waals surface area contributed by atoms with Crippen LogP contribution in [-0.4, -0.2) is 23.6 Å². The minimum Gasteiger partial charge on any atom is -1.00 e. The number of rotatable bonds is 2. The second-order valence-corrected chi connectivity index (χ2v) is 4.99. The number of hydrogen-bond acceptors (Lipinski definition) is 1. The number of carbonyl (C=O) groups is 1. The molecule has 17 heavy (non-hydrogen) atoms. The van der Waals surface area contributed by atoms with Crippen LogP contribution in [-0.2, 0) is 11.3 Å². The second-order valence-electron chi connectivity index (χ2n) is 4.99. The number of hydrogen-bond donors (Lipinski definition) is 1. The average molecular weight is 253 g/mol. The zero-order valence-corrected chi connectivity index (χ0v) is 10.5. The van der Waals surface area contributed by atoms with E-state index in [2.05, 4.69) is 29.7 Å². The summed E-state index contributed by atoms with van der Waals surface area (Å²) >= 11 is 0. The molecule has 4 heteroatoms. The van der Waals surface area contributed by atoms with E-state index in [0.29, 0.717) is 0 Å². The maximum atomic E-state index is 11.7. The number of halogens is 1. The summed E-state index contributed by atoms with van der Waals surface area (Å²) in [6.45, 7) is 3.11. The van der Waals surface area contributed by atoms with Crippen molar-refractivity contribution < 1.29 is 21.8 Å². The standard InChI is InChI=1S/C13H16N2O.ClH/c16-13-12-6-8-15(14-13,9-7-12)10-11-4-2-1-3-5-11;/h1-5,12H,6-10H2;1H. The molecule has 4 rings (SSSR count). The first-order valence-electron chi connectivity index (χ1n) is 6.00. The fourth-order valence-corrected chi connectivity index (χ4v) is 2.89. The third-order valence-electron chi connectivity index (χ3n) is 3.86. The van der Waals surface area contributed by atoms with Gasteiger partial charge in [-0.25, -0.2) is 10.0 Å². The van der Waals surface area contributed by atoms with Crippen LogP contribution in [0, 0.1) is 5.92 Å². The van der Waals surface area contributed by atoms with Crippen LogP contribution in [0.3, 0.4) is 0 Å². The number of nitrogens with one attached hydrogen (secondary N) is 1. The van der Waals surface area contributed by atoms with Crippen LogP contribution < -0.4 is 17.8 Å². The highest BCUT2D eigenvalue weighted by Gasteiger charge is 2.45. The largest absolute Gasteiger partial charge is 1.00 e. The van der Waals surface area contributed by atoms with Gasteiger partial charge in [-0.2, -0.15) is 0 Å². The Bertz CT molecular complexity index is 399. The normalized spacial score (nSPS) is 30.6. The monoisotopic (exact) mass is 252 g/mol. The van der Waals surface area contributed by atoms with Crippen LogP contribution in [0.25, 0.3) is 0 Å². The third-order valence-corrected chi connectivity index (χ3v) is 3.86. The van der Waals surface area contributed by atoms with Crippen molar-refractivity contribution >= 4 is 5.91 Å². The van der Waals surface area contributed by atoms with E-state index in [4.69, 9.17) is 0 Å². The van der Waals surface area contributed by atoms with Gasteiger partial charge >= 0.3 is 0 Å². The van der Waals surface area contributed by atoms with E-state index < -0.39 is 0 Å². The first-order chi connectivity index (χ1) is 7.77. The van der Waals surface area contributed by atoms with Crippen molar-refractivity contribution in [2.75, 3.05) is 13.1 Å². The molecular weight excluding hydrogens is 236 g/mol. The lowest BCUT2D eigenvalue weighted by Crippen LogP contribution is -3.00. The van der Waals surface area contributed by atoms with Gasteiger partial charge in [-0.3, -0.25) is 4.79 Å². The Kier molecular flexibility index (Phi) is 3.40. The molecule has 3 aliphatic heterocycles. The maximum Gasteiger partial charge on any atom is 0.268 e. The maximum absolute atomic E-state index is 11.7. The van der Waals surface area contributed by atoms with Crippen LogP contribution in [0.15, 0.2) is 30.3 Å². The number of benzene rings is 1. The highest BCUT2D eigenvalue weighted by atomic mass is 35.5. The lowest BCUT2D eigenvalue weighted by atomic mass is 9.92. The average Bonchev–Trinajstić information content (AvgIpc) is 2.31. The molecule has 0 aromatic heterocycles. The third kappa shape index (κ3) is 2.31. The summed E-state index contributed by atoms with van der Waals surface area (Å²) in [6, 6.07) is 10.4. The molecule has 1 aromatic rings. The number of carbonyl (C=O) groups excluding carboxylic acids is 1. The van der Waals surface area contributed by atoms with Gasteiger partial charge in [0.15, 0.2) is 0 Å². The molecule has 0 atom stereocenters. The summed E-state index contributed by atoms with van der Waals surface area (Å²) in [4.78, 5) is 11.7. The molecule has 0 saturated carbocycles. The molecule has 3 aliphatic rings. The minimum atomic E-state index is 0. The number of amides is 1. The summed E-state index contributed by atoms with van der Waals surface area (Å²) in [5.41, 5.74) is 4.48. The van der Waals surface area contributed by atoms with Gasteiger partial charge in [-0.05, 0) is 0 Å². The minimum absolute atomic E-state index is 0. The van der Waals surface area contributed by atoms with Crippen molar-refractivity contribution in [3.05, 3.63) is 35.9 Å². The summed E-state index contributed by atoms with van der Waals surface area (Å²) < 4.78 is 0.763. The predicted octanol–water partition coefficient (Wildman–Crippen LogP) is -1.54. The molecule has 1 amide bonds. The summed E-state index contributed by atoms with van der Waals surface area (Å²) in [7, 11) is 0. The lowest BCUT2D eigenvalue weighted by molar-refractivity contribution is -0.984. The van der Waals surface area contributed by atoms with Crippen molar-refractivity contribution in [1.29, 1.82) is 0 Å². The zero-order valence-electron chi connectivity index (χ0n) is 9.73. The highest BCUT2D eigenvalue weighted by Crippen LogP contribution is 2.29. The van der Waals surface area contributed by atoms with E-state index in [1.165, 1.54) is 5.56 Å². The Labute approximate surface area is 108 Å². The van der Waals surface area contributed by atoms with Gasteiger partial charge in [-0.15, -0.1) is 0 Å². The fourth-order valence-electron chi connectivity index (χ4n) is 2.89. The Morgan fingerprint density at radius 2 is 1.82 bits per heavy atom. The zero-order chi connectivity index (χ0) is 11.0. The molecule has 0 aliphatic carbocycles. The van der Waals surface area contributed by atoms with Gasteiger partial charge in [0, 0.05) is 18.4 Å². The van der Waals surface area contributed by atoms with Crippen LogP contribution in [0.4, 0.5) is 0 Å². The molecule has 3 fully saturated rings. The van der Waals surface area contributed by atoms with Crippen molar-refractivity contribution in [2.45, 2.75) is 19.4 Å². The van der Waals surface area contributed by atoms with Gasteiger partial charge in [0.05, 0.1) is 5.92 Å². The Morgan fingerprint density at radius 3 is 2.41 bits per heavy atom. The molecule has 0 spiro atoms. The molecule has 2 bridgehead atoms. The number of nitrogens with zero attached hydrogens (tertiary/aromatic N) is 1. The van der Waals surface area contributed by atoms with E-state index in [1.807, 2.05) is 6.07 Å². The van der Waals surface area contributed by atoms with Gasteiger partial charge in [-0.1, -0.05) is 30.3 Å². The molecule has 1 aromatic carbocycles. The molecule has 3 heterocycles. The smallest absolute Gasteiger partial charge is 0.268 e. The fraction of sp³-hybridized carbons (Fsp3) is 0.462. The molecule has 0 radical (unpaired) electrons. The topological polar surface area (TPSA) is 29.1 Å².